The molecule has 4 heteroatoms. The maximum absolute atomic E-state index is 5.61. The van der Waals surface area contributed by atoms with Crippen molar-refractivity contribution in [1.29, 1.82) is 0 Å². The Morgan fingerprint density at radius 3 is 2.27 bits per heavy atom. The van der Waals surface area contributed by atoms with Crippen molar-refractivity contribution in [2.24, 2.45) is 0 Å². The number of hydrogen-bond donors (Lipinski definition) is 1. The van der Waals surface area contributed by atoms with Crippen molar-refractivity contribution < 1.29 is 31.0 Å². The second-order valence-electron chi connectivity index (χ2n) is 2.12. The molecule has 0 aliphatic rings. The van der Waals surface area contributed by atoms with Gasteiger partial charge < -0.3 is 7.16 Å². The summed E-state index contributed by atoms with van der Waals surface area (Å²) in [5.74, 6) is 0. The first-order chi connectivity index (χ1) is 4.61. The first-order valence-corrected chi connectivity index (χ1v) is 4.41. The van der Waals surface area contributed by atoms with Crippen molar-refractivity contribution in [2.45, 2.75) is 6.92 Å². The van der Waals surface area contributed by atoms with Crippen molar-refractivity contribution in [3.8, 4) is 0 Å². The van der Waals surface area contributed by atoms with Gasteiger partial charge in [-0.15, -0.1) is 0 Å². The number of halogens is 2. The van der Waals surface area contributed by atoms with Crippen LogP contribution in [0.15, 0.2) is 21.1 Å². The van der Waals surface area contributed by atoms with Gasteiger partial charge in [0.05, 0.1) is 0 Å². The molecule has 0 fully saturated rings. The quantitative estimate of drug-likeness (QED) is 0.536. The minimum atomic E-state index is 0. The second-order valence-corrected chi connectivity index (χ2v) is 3.83. The molecule has 0 aliphatic heterocycles. The Kier molecular flexibility index (Phi) is 5.31. The van der Waals surface area contributed by atoms with E-state index in [4.69, 9.17) is 5.73 Å². The minimum absolute atomic E-state index is 0. The second kappa shape index (κ2) is 4.87. The van der Waals surface area contributed by atoms with Crippen LogP contribution in [-0.2, 0) is 0 Å². The first kappa shape index (κ1) is 12.0. The molecule has 56 valence electrons. The zero-order chi connectivity index (χ0) is 7.72. The molecule has 1 aromatic carbocycles. The molecule has 11 heavy (non-hydrogen) atoms. The third-order valence-electron chi connectivity index (χ3n) is 1.28. The van der Waals surface area contributed by atoms with E-state index in [9.17, 15) is 0 Å². The van der Waals surface area contributed by atoms with Gasteiger partial charge in [-0.05, 0) is 40.5 Å². The van der Waals surface area contributed by atoms with E-state index in [0.29, 0.717) is 0 Å². The molecule has 0 saturated heterocycles. The van der Waals surface area contributed by atoms with Gasteiger partial charge in [0.1, 0.15) is 0 Å². The van der Waals surface area contributed by atoms with E-state index in [0.717, 1.165) is 14.6 Å². The van der Waals surface area contributed by atoms with E-state index in [1.165, 1.54) is 5.56 Å². The van der Waals surface area contributed by atoms with Crippen molar-refractivity contribution in [3.05, 3.63) is 26.6 Å². The van der Waals surface area contributed by atoms with Crippen molar-refractivity contribution >= 4 is 37.5 Å². The number of anilines is 1. The molecule has 0 saturated carbocycles. The molecule has 1 aromatic rings. The molecule has 0 spiro atoms. The van der Waals surface area contributed by atoms with Gasteiger partial charge in [-0.25, -0.2) is 0 Å². The molecule has 1 rings (SSSR count). The van der Waals surface area contributed by atoms with Gasteiger partial charge in [-0.2, -0.15) is 0 Å². The fourth-order valence-electron chi connectivity index (χ4n) is 0.662. The normalized spacial score (nSPS) is 9.00. The zero-order valence-electron chi connectivity index (χ0n) is 7.49. The van der Waals surface area contributed by atoms with Crippen LogP contribution in [0, 0.1) is 6.92 Å². The summed E-state index contributed by atoms with van der Waals surface area (Å²) in [4.78, 5) is 0. The number of hydrogen-bond acceptors (Lipinski definition) is 1. The van der Waals surface area contributed by atoms with Gasteiger partial charge >= 0.3 is 29.6 Å². The van der Waals surface area contributed by atoms with E-state index in [1.54, 1.807) is 0 Å². The topological polar surface area (TPSA) is 26.0 Å². The van der Waals surface area contributed by atoms with Gasteiger partial charge in [-0.3, -0.25) is 0 Å². The van der Waals surface area contributed by atoms with E-state index >= 15 is 0 Å². The summed E-state index contributed by atoms with van der Waals surface area (Å²) < 4.78 is 2.00. The third kappa shape index (κ3) is 3.07. The molecular weight excluding hydrogens is 281 g/mol. The Morgan fingerprint density at radius 2 is 1.82 bits per heavy atom. The Bertz CT molecular complexity index is 218. The summed E-state index contributed by atoms with van der Waals surface area (Å²) >= 11 is 6.71. The fourth-order valence-corrected chi connectivity index (χ4v) is 1.48. The van der Waals surface area contributed by atoms with E-state index in [1.807, 2.05) is 19.1 Å². The summed E-state index contributed by atoms with van der Waals surface area (Å²) in [5, 5.41) is 0. The maximum Gasteiger partial charge on any atom is 1.00 e. The molecule has 0 amide bonds. The van der Waals surface area contributed by atoms with Crippen LogP contribution in [0.4, 0.5) is 5.69 Å². The molecule has 0 radical (unpaired) electrons. The van der Waals surface area contributed by atoms with Crippen LogP contribution in [0.5, 0.6) is 0 Å². The Hall–Kier alpha value is 0.980. The monoisotopic (exact) mass is 287 g/mol. The van der Waals surface area contributed by atoms with E-state index in [-0.39, 0.29) is 31.0 Å². The largest absolute Gasteiger partial charge is 1.00 e. The standard InChI is InChI=1S/C7H7Br2N.Na.H/c1-4-2-6(9)7(10)3-5(4)8;;/h2-3H,10H2,1H3;;/q;+1;-1. The zero-order valence-corrected chi connectivity index (χ0v) is 11.7. The van der Waals surface area contributed by atoms with Crippen molar-refractivity contribution in [1.82, 2.24) is 0 Å². The molecule has 0 aromatic heterocycles. The van der Waals surface area contributed by atoms with Crippen LogP contribution < -0.4 is 35.3 Å². The van der Waals surface area contributed by atoms with Crippen LogP contribution in [0.3, 0.4) is 0 Å². The number of benzene rings is 1. The van der Waals surface area contributed by atoms with Crippen LogP contribution in [0.25, 0.3) is 0 Å². The van der Waals surface area contributed by atoms with E-state index < -0.39 is 0 Å². The average Bonchev–Trinajstić information content (AvgIpc) is 1.84. The number of rotatable bonds is 0. The molecule has 0 aliphatic carbocycles. The predicted molar refractivity (Wildman–Crippen MR) is 52.1 cm³/mol. The number of nitrogens with two attached hydrogens (primary N) is 1. The summed E-state index contributed by atoms with van der Waals surface area (Å²) in [5.41, 5.74) is 7.56. The number of aryl methyl sites for hydroxylation is 1. The Morgan fingerprint density at radius 1 is 1.27 bits per heavy atom. The van der Waals surface area contributed by atoms with Crippen LogP contribution >= 0.6 is 31.9 Å². The summed E-state index contributed by atoms with van der Waals surface area (Å²) in [7, 11) is 0. The molecule has 0 heterocycles. The van der Waals surface area contributed by atoms with Gasteiger partial charge in [0.15, 0.2) is 0 Å². The van der Waals surface area contributed by atoms with Gasteiger partial charge in [0.2, 0.25) is 0 Å². The SMILES string of the molecule is Cc1cc(Br)c(N)cc1Br.[H-].[Na+]. The van der Waals surface area contributed by atoms with Gasteiger partial charge in [-0.1, -0.05) is 15.9 Å². The Labute approximate surface area is 107 Å². The van der Waals surface area contributed by atoms with Crippen LogP contribution in [0.2, 0.25) is 0 Å². The third-order valence-corrected chi connectivity index (χ3v) is 2.82. The summed E-state index contributed by atoms with van der Waals surface area (Å²) in [6, 6.07) is 3.87. The van der Waals surface area contributed by atoms with Crippen LogP contribution in [-0.4, -0.2) is 0 Å². The summed E-state index contributed by atoms with van der Waals surface area (Å²) in [6.45, 7) is 2.02. The van der Waals surface area contributed by atoms with E-state index in [2.05, 4.69) is 31.9 Å². The summed E-state index contributed by atoms with van der Waals surface area (Å²) in [6.07, 6.45) is 0. The molecule has 0 bridgehead atoms. The maximum atomic E-state index is 5.61. The molecule has 1 nitrogen and oxygen atoms in total. The first-order valence-electron chi connectivity index (χ1n) is 2.82. The molecule has 0 atom stereocenters. The van der Waals surface area contributed by atoms with Crippen LogP contribution in [0.1, 0.15) is 6.99 Å². The molecular formula is C7H8Br2NNa. The fraction of sp³-hybridized carbons (Fsp3) is 0.143. The smallest absolute Gasteiger partial charge is 1.00 e. The van der Waals surface area contributed by atoms with Crippen molar-refractivity contribution in [2.75, 3.05) is 5.73 Å². The van der Waals surface area contributed by atoms with Gasteiger partial charge in [0.25, 0.3) is 0 Å². The Balaban J connectivity index is 0. The van der Waals surface area contributed by atoms with Crippen molar-refractivity contribution in [3.63, 3.8) is 0 Å². The number of nitrogen functional groups attached to an aromatic ring is 1. The molecule has 2 N–H and O–H groups in total. The minimum Gasteiger partial charge on any atom is -1.00 e. The average molecular weight is 289 g/mol. The van der Waals surface area contributed by atoms with Gasteiger partial charge in [0, 0.05) is 14.6 Å². The molecule has 0 unspecified atom stereocenters. The predicted octanol–water partition coefficient (Wildman–Crippen LogP) is 0.219.